The lowest BCUT2D eigenvalue weighted by Crippen LogP contribution is -2.49. The topological polar surface area (TPSA) is 64.6 Å². The predicted molar refractivity (Wildman–Crippen MR) is 104 cm³/mol. The second-order valence-electron chi connectivity index (χ2n) is 9.27. The highest BCUT2D eigenvalue weighted by Gasteiger charge is 2.51. The number of ether oxygens (including phenoxy) is 2. The molecule has 2 unspecified atom stereocenters. The Hall–Kier alpha value is -2.04. The molecule has 5 heteroatoms. The second kappa shape index (κ2) is 7.09. The Labute approximate surface area is 166 Å². The van der Waals surface area contributed by atoms with E-state index in [0.29, 0.717) is 18.4 Å². The lowest BCUT2D eigenvalue weighted by Gasteiger charge is -2.53. The van der Waals surface area contributed by atoms with Gasteiger partial charge in [0, 0.05) is 12.0 Å². The number of para-hydroxylation sites is 1. The van der Waals surface area contributed by atoms with Crippen LogP contribution in [0.15, 0.2) is 24.3 Å². The van der Waals surface area contributed by atoms with Crippen LogP contribution in [0.4, 0.5) is 0 Å². The highest BCUT2D eigenvalue weighted by molar-refractivity contribution is 5.84. The molecule has 1 amide bonds. The van der Waals surface area contributed by atoms with Gasteiger partial charge in [-0.05, 0) is 68.8 Å². The molecule has 2 atom stereocenters. The van der Waals surface area contributed by atoms with Crippen molar-refractivity contribution in [3.8, 4) is 5.75 Å². The Bertz CT molecular complexity index is 748. The molecule has 1 N–H and O–H groups in total. The van der Waals surface area contributed by atoms with Crippen LogP contribution in [0.5, 0.6) is 5.75 Å². The summed E-state index contributed by atoms with van der Waals surface area (Å²) in [5, 5.41) is 3.05. The van der Waals surface area contributed by atoms with Gasteiger partial charge in [-0.2, -0.15) is 0 Å². The van der Waals surface area contributed by atoms with E-state index >= 15 is 0 Å². The maximum absolute atomic E-state index is 12.9. The molecular formula is C23H29NO4. The van der Waals surface area contributed by atoms with E-state index in [-0.39, 0.29) is 23.8 Å². The number of amides is 1. The van der Waals surface area contributed by atoms with E-state index in [4.69, 9.17) is 9.47 Å². The smallest absolute Gasteiger partial charge is 0.310 e. The van der Waals surface area contributed by atoms with Crippen molar-refractivity contribution in [1.82, 2.24) is 5.32 Å². The van der Waals surface area contributed by atoms with Crippen molar-refractivity contribution in [2.75, 3.05) is 6.61 Å². The molecule has 0 spiro atoms. The van der Waals surface area contributed by atoms with E-state index in [2.05, 4.69) is 5.32 Å². The molecule has 5 aliphatic rings. The van der Waals surface area contributed by atoms with E-state index in [0.717, 1.165) is 29.6 Å². The molecule has 5 nitrogen and oxygen atoms in total. The normalized spacial score (nSPS) is 36.2. The van der Waals surface area contributed by atoms with Crippen LogP contribution in [0.25, 0.3) is 0 Å². The van der Waals surface area contributed by atoms with Crippen LogP contribution in [-0.2, 0) is 14.3 Å². The van der Waals surface area contributed by atoms with Crippen molar-refractivity contribution >= 4 is 11.9 Å². The third kappa shape index (κ3) is 3.19. The van der Waals surface area contributed by atoms with Gasteiger partial charge in [0.05, 0.1) is 18.6 Å². The summed E-state index contributed by atoms with van der Waals surface area (Å²) in [6.45, 7) is 2.26. The minimum Gasteiger partial charge on any atom is -0.493 e. The second-order valence-corrected chi connectivity index (χ2v) is 9.27. The summed E-state index contributed by atoms with van der Waals surface area (Å²) in [4.78, 5) is 25.6. The molecule has 6 rings (SSSR count). The molecule has 4 aliphatic carbocycles. The van der Waals surface area contributed by atoms with Gasteiger partial charge in [0.15, 0.2) is 6.10 Å². The van der Waals surface area contributed by atoms with E-state index < -0.39 is 6.10 Å². The zero-order valence-electron chi connectivity index (χ0n) is 16.4. The summed E-state index contributed by atoms with van der Waals surface area (Å²) in [5.74, 6) is 3.04. The third-order valence-corrected chi connectivity index (χ3v) is 7.44. The number of carbonyl (C=O) groups is 2. The first-order chi connectivity index (χ1) is 13.6. The number of carbonyl (C=O) groups excluding carboxylic acids is 2. The molecule has 0 aromatic heterocycles. The Kier molecular flexibility index (Phi) is 4.56. The summed E-state index contributed by atoms with van der Waals surface area (Å²) in [7, 11) is 0. The average Bonchev–Trinajstić information content (AvgIpc) is 2.67. The van der Waals surface area contributed by atoms with Crippen LogP contribution in [0.2, 0.25) is 0 Å². The number of esters is 1. The summed E-state index contributed by atoms with van der Waals surface area (Å²) in [6, 6.07) is 7.68. The average molecular weight is 383 g/mol. The summed E-state index contributed by atoms with van der Waals surface area (Å²) in [6.07, 6.45) is 6.01. The molecule has 1 heterocycles. The SMILES string of the molecule is CC(OC(=O)C1C2CC3CC(C2)CC1C3)C(=O)NC1CCOc2ccccc21. The molecule has 1 aliphatic heterocycles. The molecule has 28 heavy (non-hydrogen) atoms. The number of nitrogens with one attached hydrogen (secondary N) is 1. The monoisotopic (exact) mass is 383 g/mol. The number of rotatable bonds is 4. The fraction of sp³-hybridized carbons (Fsp3) is 0.652. The largest absolute Gasteiger partial charge is 0.493 e. The van der Waals surface area contributed by atoms with Gasteiger partial charge < -0.3 is 14.8 Å². The fourth-order valence-electron chi connectivity index (χ4n) is 6.40. The Morgan fingerprint density at radius 1 is 1.07 bits per heavy atom. The van der Waals surface area contributed by atoms with Gasteiger partial charge in [0.1, 0.15) is 5.75 Å². The van der Waals surface area contributed by atoms with E-state index in [1.807, 2.05) is 24.3 Å². The van der Waals surface area contributed by atoms with Crippen LogP contribution < -0.4 is 10.1 Å². The van der Waals surface area contributed by atoms with Crippen LogP contribution in [-0.4, -0.2) is 24.6 Å². The van der Waals surface area contributed by atoms with E-state index in [9.17, 15) is 9.59 Å². The zero-order chi connectivity index (χ0) is 19.3. The van der Waals surface area contributed by atoms with Crippen LogP contribution >= 0.6 is 0 Å². The highest BCUT2D eigenvalue weighted by atomic mass is 16.5. The lowest BCUT2D eigenvalue weighted by molar-refractivity contribution is -0.170. The minimum atomic E-state index is -0.764. The van der Waals surface area contributed by atoms with Crippen molar-refractivity contribution in [2.24, 2.45) is 29.6 Å². The standard InChI is InChI=1S/C23H29NO4/c1-13(22(25)24-19-6-7-27-20-5-3-2-4-18(19)20)28-23(26)21-16-9-14-8-15(11-16)12-17(21)10-14/h2-5,13-17,19,21H,6-12H2,1H3,(H,24,25). The highest BCUT2D eigenvalue weighted by Crippen LogP contribution is 2.56. The van der Waals surface area contributed by atoms with Gasteiger partial charge in [0.2, 0.25) is 0 Å². The predicted octanol–water partition coefficient (Wildman–Crippen LogP) is 3.63. The first-order valence-electron chi connectivity index (χ1n) is 10.8. The van der Waals surface area contributed by atoms with E-state index in [1.54, 1.807) is 6.92 Å². The van der Waals surface area contributed by atoms with Gasteiger partial charge in [0.25, 0.3) is 5.91 Å². The molecule has 1 aromatic carbocycles. The first kappa shape index (κ1) is 18.0. The van der Waals surface area contributed by atoms with Crippen molar-refractivity contribution < 1.29 is 19.1 Å². The van der Waals surface area contributed by atoms with Gasteiger partial charge in [-0.3, -0.25) is 9.59 Å². The molecule has 150 valence electrons. The molecule has 4 fully saturated rings. The van der Waals surface area contributed by atoms with Gasteiger partial charge in [-0.1, -0.05) is 18.2 Å². The van der Waals surface area contributed by atoms with Crippen LogP contribution in [0, 0.1) is 29.6 Å². The molecule has 0 radical (unpaired) electrons. The number of hydrogen-bond donors (Lipinski definition) is 1. The van der Waals surface area contributed by atoms with Crippen LogP contribution in [0.3, 0.4) is 0 Å². The lowest BCUT2D eigenvalue weighted by atomic mass is 9.52. The summed E-state index contributed by atoms with van der Waals surface area (Å²) < 4.78 is 11.3. The minimum absolute atomic E-state index is 0.00635. The van der Waals surface area contributed by atoms with Gasteiger partial charge >= 0.3 is 5.97 Å². The molecule has 0 saturated heterocycles. The quantitative estimate of drug-likeness (QED) is 0.807. The third-order valence-electron chi connectivity index (χ3n) is 7.44. The van der Waals surface area contributed by atoms with Crippen molar-refractivity contribution in [1.29, 1.82) is 0 Å². The van der Waals surface area contributed by atoms with Crippen LogP contribution in [0.1, 0.15) is 57.1 Å². The fourth-order valence-corrected chi connectivity index (χ4v) is 6.40. The van der Waals surface area contributed by atoms with Crippen molar-refractivity contribution in [3.63, 3.8) is 0 Å². The first-order valence-corrected chi connectivity index (χ1v) is 10.8. The molecule has 4 bridgehead atoms. The maximum Gasteiger partial charge on any atom is 0.310 e. The Morgan fingerprint density at radius 3 is 2.46 bits per heavy atom. The molecule has 4 saturated carbocycles. The van der Waals surface area contributed by atoms with Gasteiger partial charge in [-0.15, -0.1) is 0 Å². The maximum atomic E-state index is 12.9. The van der Waals surface area contributed by atoms with Crippen molar-refractivity contribution in [2.45, 2.75) is 57.6 Å². The Morgan fingerprint density at radius 2 is 1.75 bits per heavy atom. The number of hydrogen-bond acceptors (Lipinski definition) is 4. The summed E-state index contributed by atoms with van der Waals surface area (Å²) >= 11 is 0. The number of benzene rings is 1. The molecule has 1 aromatic rings. The number of fused-ring (bicyclic) bond motifs is 1. The van der Waals surface area contributed by atoms with Crippen molar-refractivity contribution in [3.05, 3.63) is 29.8 Å². The molecular weight excluding hydrogens is 354 g/mol. The van der Waals surface area contributed by atoms with E-state index in [1.165, 1.54) is 32.1 Å². The summed E-state index contributed by atoms with van der Waals surface area (Å²) in [5.41, 5.74) is 0.988. The Balaban J connectivity index is 1.21. The van der Waals surface area contributed by atoms with Gasteiger partial charge in [-0.25, -0.2) is 0 Å². The zero-order valence-corrected chi connectivity index (χ0v) is 16.4.